The number of nitrogens with zero attached hydrogens (tertiary/aromatic N) is 8. The lowest BCUT2D eigenvalue weighted by atomic mass is 9.90. The fourth-order valence-electron chi connectivity index (χ4n) is 9.98. The molecule has 3 aromatic heterocycles. The smallest absolute Gasteiger partial charge is 0.264 e. The van der Waals surface area contributed by atoms with Crippen LogP contribution in [0.2, 0.25) is 0 Å². The molecule has 59 heavy (non-hydrogen) atoms. The van der Waals surface area contributed by atoms with Gasteiger partial charge >= 0.3 is 0 Å². The molecule has 5 aromatic rings. The predicted molar refractivity (Wildman–Crippen MR) is 216 cm³/mol. The minimum absolute atomic E-state index is 0.00702. The maximum atomic E-state index is 15.1. The molecule has 304 valence electrons. The first-order valence-corrected chi connectivity index (χ1v) is 20.6. The highest BCUT2D eigenvalue weighted by Gasteiger charge is 2.40. The summed E-state index contributed by atoms with van der Waals surface area (Å²) in [5, 5.41) is 7.70. The molecule has 4 amide bonds. The predicted octanol–water partition coefficient (Wildman–Crippen LogP) is 6.04. The summed E-state index contributed by atoms with van der Waals surface area (Å²) in [5.74, 6) is -0.189. The van der Waals surface area contributed by atoms with Gasteiger partial charge in [-0.2, -0.15) is 5.10 Å². The van der Waals surface area contributed by atoms with Crippen LogP contribution in [0.25, 0.3) is 16.8 Å². The number of carbonyl (C=O) groups is 4. The van der Waals surface area contributed by atoms with Crippen molar-refractivity contribution in [3.05, 3.63) is 94.1 Å². The quantitative estimate of drug-likeness (QED) is 0.206. The van der Waals surface area contributed by atoms with Gasteiger partial charge in [0.15, 0.2) is 5.82 Å². The summed E-state index contributed by atoms with van der Waals surface area (Å²) in [7, 11) is 0. The van der Waals surface area contributed by atoms with Gasteiger partial charge in [-0.25, -0.2) is 13.8 Å². The number of hydrogen-bond donors (Lipinski definition) is 1. The number of nitrogens with one attached hydrogen (secondary N) is 1. The zero-order valence-electron chi connectivity index (χ0n) is 33.1. The summed E-state index contributed by atoms with van der Waals surface area (Å²) >= 11 is 0. The van der Waals surface area contributed by atoms with Crippen molar-refractivity contribution in [2.24, 2.45) is 0 Å². The number of aryl methyl sites for hydroxylation is 2. The molecule has 10 rings (SSSR count). The molecule has 5 aliphatic heterocycles. The van der Waals surface area contributed by atoms with E-state index in [-0.39, 0.29) is 35.7 Å². The van der Waals surface area contributed by atoms with Crippen LogP contribution in [0.15, 0.2) is 55.0 Å². The second-order valence-electron chi connectivity index (χ2n) is 16.5. The number of amides is 4. The highest BCUT2D eigenvalue weighted by molar-refractivity contribution is 6.05. The van der Waals surface area contributed by atoms with Crippen molar-refractivity contribution in [3.63, 3.8) is 0 Å². The van der Waals surface area contributed by atoms with E-state index in [1.807, 2.05) is 58.9 Å². The third-order valence-electron chi connectivity index (χ3n) is 13.1. The molecule has 13 nitrogen and oxygen atoms in total. The zero-order chi connectivity index (χ0) is 40.7. The van der Waals surface area contributed by atoms with Crippen LogP contribution < -0.4 is 15.1 Å². The molecule has 0 bridgehead atoms. The molecule has 2 aromatic carbocycles. The molecular formula is C44H45F2N9O4. The van der Waals surface area contributed by atoms with E-state index in [1.165, 1.54) is 0 Å². The number of imidazole rings is 1. The fraction of sp³-hybridized carbons (Fsp3) is 0.409. The molecule has 2 fully saturated rings. The maximum absolute atomic E-state index is 15.1. The fourth-order valence-corrected chi connectivity index (χ4v) is 9.98. The lowest BCUT2D eigenvalue weighted by Gasteiger charge is -2.35. The van der Waals surface area contributed by atoms with Crippen LogP contribution in [-0.2, 0) is 40.3 Å². The lowest BCUT2D eigenvalue weighted by Crippen LogP contribution is -2.52. The number of aromatic nitrogens is 4. The first kappa shape index (κ1) is 37.2. The van der Waals surface area contributed by atoms with Gasteiger partial charge in [-0.3, -0.25) is 29.2 Å². The molecule has 0 saturated carbocycles. The minimum atomic E-state index is -2.70. The number of halogens is 2. The van der Waals surface area contributed by atoms with E-state index >= 15 is 8.78 Å². The van der Waals surface area contributed by atoms with Gasteiger partial charge in [0.05, 0.1) is 12.6 Å². The number of fused-ring (bicyclic) bond motifs is 4. The molecule has 1 atom stereocenters. The molecule has 15 heteroatoms. The van der Waals surface area contributed by atoms with E-state index in [9.17, 15) is 19.2 Å². The lowest BCUT2D eigenvalue weighted by molar-refractivity contribution is -0.137. The van der Waals surface area contributed by atoms with Gasteiger partial charge < -0.3 is 24.0 Å². The van der Waals surface area contributed by atoms with E-state index in [0.29, 0.717) is 55.8 Å². The molecule has 8 heterocycles. The Morgan fingerprint density at radius 2 is 1.73 bits per heavy atom. The van der Waals surface area contributed by atoms with E-state index in [0.717, 1.165) is 89.5 Å². The van der Waals surface area contributed by atoms with Crippen molar-refractivity contribution in [2.75, 3.05) is 36.0 Å². The average Bonchev–Trinajstić information content (AvgIpc) is 3.94. The first-order chi connectivity index (χ1) is 28.5. The Kier molecular flexibility index (Phi) is 9.01. The molecule has 5 aliphatic rings. The summed E-state index contributed by atoms with van der Waals surface area (Å²) in [6.45, 7) is 6.99. The Bertz CT molecular complexity index is 2570. The third kappa shape index (κ3) is 6.32. The second kappa shape index (κ2) is 14.3. The van der Waals surface area contributed by atoms with Crippen molar-refractivity contribution in [1.29, 1.82) is 0 Å². The van der Waals surface area contributed by atoms with Crippen LogP contribution in [0.5, 0.6) is 0 Å². The number of carbonyl (C=O) groups excluding carboxylic acids is 4. The van der Waals surface area contributed by atoms with Crippen LogP contribution in [0.1, 0.15) is 95.4 Å². The van der Waals surface area contributed by atoms with Gasteiger partial charge in [0.25, 0.3) is 12.3 Å². The number of pyridine rings is 1. The van der Waals surface area contributed by atoms with E-state index in [1.54, 1.807) is 24.1 Å². The van der Waals surface area contributed by atoms with Crippen LogP contribution in [0.3, 0.4) is 0 Å². The normalized spacial score (nSPS) is 19.7. The van der Waals surface area contributed by atoms with Crippen molar-refractivity contribution in [3.8, 4) is 11.1 Å². The number of rotatable bonds is 6. The van der Waals surface area contributed by atoms with E-state index in [4.69, 9.17) is 5.10 Å². The van der Waals surface area contributed by atoms with Crippen LogP contribution in [-0.4, -0.2) is 84.8 Å². The number of benzene rings is 2. The highest BCUT2D eigenvalue weighted by Crippen LogP contribution is 2.45. The summed E-state index contributed by atoms with van der Waals surface area (Å²) in [6, 6.07) is 10.8. The monoisotopic (exact) mass is 801 g/mol. The summed E-state index contributed by atoms with van der Waals surface area (Å²) in [5.41, 5.74) is 9.11. The Hall–Kier alpha value is -6.12. The van der Waals surface area contributed by atoms with E-state index < -0.39 is 18.4 Å². The second-order valence-corrected chi connectivity index (χ2v) is 16.5. The molecule has 0 radical (unpaired) electrons. The van der Waals surface area contributed by atoms with Gasteiger partial charge in [0.1, 0.15) is 11.7 Å². The third-order valence-corrected chi connectivity index (χ3v) is 13.1. The Morgan fingerprint density at radius 1 is 0.898 bits per heavy atom. The number of imide groups is 1. The van der Waals surface area contributed by atoms with Crippen molar-refractivity contribution in [2.45, 2.75) is 90.4 Å². The zero-order valence-corrected chi connectivity index (χ0v) is 33.1. The average molecular weight is 802 g/mol. The number of piperidine rings is 2. The van der Waals surface area contributed by atoms with Gasteiger partial charge in [-0.15, -0.1) is 0 Å². The Balaban J connectivity index is 0.933. The minimum Gasteiger partial charge on any atom is -0.371 e. The van der Waals surface area contributed by atoms with E-state index in [2.05, 4.69) is 24.8 Å². The topological polar surface area (TPSA) is 128 Å². The first-order valence-electron chi connectivity index (χ1n) is 20.6. The van der Waals surface area contributed by atoms with Gasteiger partial charge in [0.2, 0.25) is 17.7 Å². The molecule has 0 spiro atoms. The summed E-state index contributed by atoms with van der Waals surface area (Å²) < 4.78 is 34.2. The van der Waals surface area contributed by atoms with Gasteiger partial charge in [-0.05, 0) is 103 Å². The van der Waals surface area contributed by atoms with Crippen LogP contribution in [0.4, 0.5) is 26.0 Å². The van der Waals surface area contributed by atoms with Crippen molar-refractivity contribution >= 4 is 46.5 Å². The molecule has 0 aliphatic carbocycles. The highest BCUT2D eigenvalue weighted by atomic mass is 19.3. The van der Waals surface area contributed by atoms with Crippen LogP contribution >= 0.6 is 0 Å². The Morgan fingerprint density at radius 3 is 2.51 bits per heavy atom. The number of hydrogen-bond acceptors (Lipinski definition) is 8. The van der Waals surface area contributed by atoms with Gasteiger partial charge in [-0.1, -0.05) is 0 Å². The van der Waals surface area contributed by atoms with Crippen molar-refractivity contribution < 1.29 is 28.0 Å². The molecular weight excluding hydrogens is 757 g/mol. The number of alkyl halides is 2. The van der Waals surface area contributed by atoms with Crippen molar-refractivity contribution in [1.82, 2.24) is 34.3 Å². The molecule has 1 N–H and O–H groups in total. The Labute approximate surface area is 339 Å². The molecule has 2 saturated heterocycles. The number of anilines is 3. The summed E-state index contributed by atoms with van der Waals surface area (Å²) in [4.78, 5) is 62.6. The SMILES string of the molecule is CC(=O)N1CCc2c(c(N3CCCc4cc(-c5cc6nccn6cc5C)c(C(F)F)cc43)nn2C2CCN(c3ccc4c(c3)CN(C3CCC(=O)NC3=O)C4=O)CC2)C1. The van der Waals surface area contributed by atoms with Gasteiger partial charge in [0, 0.05) is 105 Å². The largest absolute Gasteiger partial charge is 0.371 e. The standard InChI is InChI=1S/C44H45F2N9O4/c1-25-22-52-17-12-47-39(52)21-32(25)33-19-27-4-3-13-53(38(27)20-34(33)41(45)46)42-35-24-51(26(2)56)16-11-36(35)55(49-42)29-9-14-50(15-10-29)30-5-6-31-28(18-30)23-54(44(31)59)37-7-8-40(57)48-43(37)58/h5-6,12,17-22,29,37,41H,3-4,7-11,13-16,23-24H2,1-2H3,(H,48,57,58). The maximum Gasteiger partial charge on any atom is 0.264 e. The summed E-state index contributed by atoms with van der Waals surface area (Å²) in [6.07, 6.45) is 7.18. The van der Waals surface area contributed by atoms with Crippen LogP contribution in [0, 0.1) is 6.92 Å². The molecule has 1 unspecified atom stereocenters.